The van der Waals surface area contributed by atoms with Crippen LogP contribution in [0.4, 0.5) is 4.39 Å². The van der Waals surface area contributed by atoms with Gasteiger partial charge in [0.25, 0.3) is 17.6 Å². The molecule has 1 aliphatic rings. The van der Waals surface area contributed by atoms with E-state index in [-0.39, 0.29) is 29.2 Å². The van der Waals surface area contributed by atoms with Crippen LogP contribution in [-0.2, 0) is 18.3 Å². The van der Waals surface area contributed by atoms with E-state index in [1.807, 2.05) is 24.0 Å². The number of aromatic nitrogens is 1. The van der Waals surface area contributed by atoms with Crippen molar-refractivity contribution < 1.29 is 18.8 Å². The Morgan fingerprint density at radius 2 is 1.80 bits per heavy atom. The van der Waals surface area contributed by atoms with E-state index in [0.717, 1.165) is 18.4 Å². The Morgan fingerprint density at radius 1 is 1.11 bits per heavy atom. The first-order valence-corrected chi connectivity index (χ1v) is 12.1. The zero-order chi connectivity index (χ0) is 25.4. The number of piperidine rings is 1. The van der Waals surface area contributed by atoms with Gasteiger partial charge in [0.1, 0.15) is 5.82 Å². The van der Waals surface area contributed by atoms with Crippen molar-refractivity contribution in [1.29, 1.82) is 0 Å². The second kappa shape index (κ2) is 9.82. The molecule has 4 rings (SSSR count). The van der Waals surface area contributed by atoms with Crippen LogP contribution in [0.5, 0.6) is 0 Å². The molecule has 0 saturated carbocycles. The normalized spacial score (nSPS) is 20.2. The number of likely N-dealkylation sites (tertiary alicyclic amines) is 1. The number of halogens is 2. The molecule has 3 aromatic rings. The van der Waals surface area contributed by atoms with Crippen molar-refractivity contribution in [3.05, 3.63) is 70.1 Å². The van der Waals surface area contributed by atoms with Gasteiger partial charge >= 0.3 is 0 Å². The fourth-order valence-electron chi connectivity index (χ4n) is 5.07. The number of nitrogens with one attached hydrogen (secondary N) is 1. The van der Waals surface area contributed by atoms with Crippen molar-refractivity contribution >= 4 is 40.1 Å². The van der Waals surface area contributed by atoms with E-state index < -0.39 is 11.7 Å². The van der Waals surface area contributed by atoms with Crippen molar-refractivity contribution in [2.24, 2.45) is 18.9 Å². The van der Waals surface area contributed by atoms with Crippen LogP contribution in [0.2, 0.25) is 5.02 Å². The van der Waals surface area contributed by atoms with Gasteiger partial charge in [-0.15, -0.1) is 0 Å². The van der Waals surface area contributed by atoms with Crippen LogP contribution in [0.25, 0.3) is 10.9 Å². The number of amides is 2. The van der Waals surface area contributed by atoms with Crippen molar-refractivity contribution in [2.75, 3.05) is 13.6 Å². The molecule has 8 heteroatoms. The minimum Gasteiger partial charge on any atom is -0.352 e. The minimum atomic E-state index is -0.717. The Balaban J connectivity index is 1.60. The van der Waals surface area contributed by atoms with Gasteiger partial charge in [0.2, 0.25) is 0 Å². The summed E-state index contributed by atoms with van der Waals surface area (Å²) in [7, 11) is 3.16. The third-order valence-electron chi connectivity index (χ3n) is 7.12. The number of aryl methyl sites for hydroxylation is 1. The number of carbonyl (C=O) groups excluding carboxylic acids is 3. The Hall–Kier alpha value is -3.19. The molecule has 0 bridgehead atoms. The summed E-state index contributed by atoms with van der Waals surface area (Å²) in [6.07, 6.45) is 3.23. The first-order chi connectivity index (χ1) is 16.6. The number of hydrogen-bond acceptors (Lipinski definition) is 3. The van der Waals surface area contributed by atoms with E-state index >= 15 is 0 Å². The number of carbonyl (C=O) groups is 3. The van der Waals surface area contributed by atoms with Crippen LogP contribution >= 0.6 is 11.6 Å². The number of benzene rings is 2. The summed E-state index contributed by atoms with van der Waals surface area (Å²) in [4.78, 5) is 40.0. The van der Waals surface area contributed by atoms with Gasteiger partial charge in [-0.3, -0.25) is 14.4 Å². The average molecular weight is 498 g/mol. The predicted octanol–water partition coefficient (Wildman–Crippen LogP) is 4.63. The van der Waals surface area contributed by atoms with E-state index in [0.29, 0.717) is 34.0 Å². The number of hydrogen-bond donors (Lipinski definition) is 1. The average Bonchev–Trinajstić information content (AvgIpc) is 3.15. The van der Waals surface area contributed by atoms with Crippen molar-refractivity contribution in [3.8, 4) is 0 Å². The lowest BCUT2D eigenvalue weighted by Crippen LogP contribution is -2.48. The molecule has 0 spiro atoms. The van der Waals surface area contributed by atoms with Gasteiger partial charge in [-0.05, 0) is 61.4 Å². The van der Waals surface area contributed by atoms with Gasteiger partial charge in [-0.25, -0.2) is 4.39 Å². The largest absolute Gasteiger partial charge is 0.352 e. The zero-order valence-electron chi connectivity index (χ0n) is 20.3. The molecule has 3 atom stereocenters. The molecule has 184 valence electrons. The lowest BCUT2D eigenvalue weighted by molar-refractivity contribution is -0.116. The van der Waals surface area contributed by atoms with Gasteiger partial charge < -0.3 is 14.8 Å². The zero-order valence-corrected chi connectivity index (χ0v) is 21.0. The van der Waals surface area contributed by atoms with Crippen molar-refractivity contribution in [2.45, 2.75) is 32.7 Å². The number of Topliss-reactive ketones (excluding diaryl/α,β-unsaturated/α-hetero) is 1. The van der Waals surface area contributed by atoms with E-state index in [1.165, 1.54) is 19.2 Å². The second-order valence-corrected chi connectivity index (χ2v) is 9.93. The SMILES string of the molecule is CNC(=O)C(=O)c1cn(C)c2cc(Cl)c(C(=O)N3C[C@H](C)C(Cc4ccc(F)cc4)C[C@H]3C)cc12. The van der Waals surface area contributed by atoms with Crippen LogP contribution in [0.3, 0.4) is 0 Å². The monoisotopic (exact) mass is 497 g/mol. The smallest absolute Gasteiger partial charge is 0.292 e. The van der Waals surface area contributed by atoms with Gasteiger partial charge in [0.15, 0.2) is 0 Å². The summed E-state index contributed by atoms with van der Waals surface area (Å²) in [6.45, 7) is 4.72. The van der Waals surface area contributed by atoms with E-state index in [2.05, 4.69) is 12.2 Å². The molecule has 0 aliphatic carbocycles. The van der Waals surface area contributed by atoms with Crippen LogP contribution in [0.15, 0.2) is 42.6 Å². The molecule has 0 radical (unpaired) electrons. The molecule has 6 nitrogen and oxygen atoms in total. The maximum Gasteiger partial charge on any atom is 0.292 e. The first-order valence-electron chi connectivity index (χ1n) is 11.7. The van der Waals surface area contributed by atoms with Gasteiger partial charge in [-0.2, -0.15) is 0 Å². The molecule has 35 heavy (non-hydrogen) atoms. The lowest BCUT2D eigenvalue weighted by Gasteiger charge is -2.42. The molecule has 1 aliphatic heterocycles. The summed E-state index contributed by atoms with van der Waals surface area (Å²) in [6, 6.07) is 9.87. The van der Waals surface area contributed by atoms with Gasteiger partial charge in [0, 0.05) is 38.3 Å². The highest BCUT2D eigenvalue weighted by Crippen LogP contribution is 2.34. The maximum atomic E-state index is 13.6. The summed E-state index contributed by atoms with van der Waals surface area (Å²) >= 11 is 6.55. The fraction of sp³-hybridized carbons (Fsp3) is 0.370. The fourth-order valence-corrected chi connectivity index (χ4v) is 5.30. The Morgan fingerprint density at radius 3 is 2.46 bits per heavy atom. The molecule has 1 saturated heterocycles. The minimum absolute atomic E-state index is 0.0151. The van der Waals surface area contributed by atoms with Crippen molar-refractivity contribution in [1.82, 2.24) is 14.8 Å². The van der Waals surface area contributed by atoms with Gasteiger partial charge in [0.05, 0.1) is 21.7 Å². The number of ketones is 1. The highest BCUT2D eigenvalue weighted by molar-refractivity contribution is 6.45. The van der Waals surface area contributed by atoms with E-state index in [4.69, 9.17) is 11.6 Å². The first kappa shape index (κ1) is 24.9. The number of likely N-dealkylation sites (N-methyl/N-ethyl adjacent to an activating group) is 1. The van der Waals surface area contributed by atoms with Gasteiger partial charge in [-0.1, -0.05) is 30.7 Å². The Labute approximate surface area is 209 Å². The number of fused-ring (bicyclic) bond motifs is 1. The molecule has 1 unspecified atom stereocenters. The topological polar surface area (TPSA) is 71.4 Å². The molecule has 1 N–H and O–H groups in total. The van der Waals surface area contributed by atoms with E-state index in [1.54, 1.807) is 29.9 Å². The summed E-state index contributed by atoms with van der Waals surface area (Å²) in [5, 5.41) is 3.17. The summed E-state index contributed by atoms with van der Waals surface area (Å²) < 4.78 is 15.0. The van der Waals surface area contributed by atoms with Crippen molar-refractivity contribution in [3.63, 3.8) is 0 Å². The number of nitrogens with zero attached hydrogens (tertiary/aromatic N) is 2. The van der Waals surface area contributed by atoms with E-state index in [9.17, 15) is 18.8 Å². The summed E-state index contributed by atoms with van der Waals surface area (Å²) in [5.74, 6) is -1.22. The van der Waals surface area contributed by atoms with Crippen LogP contribution in [-0.4, -0.2) is 46.7 Å². The van der Waals surface area contributed by atoms with Crippen LogP contribution in [0, 0.1) is 17.7 Å². The molecule has 1 aromatic heterocycles. The van der Waals surface area contributed by atoms with Crippen LogP contribution in [0.1, 0.15) is 46.5 Å². The third-order valence-corrected chi connectivity index (χ3v) is 7.44. The standard InChI is InChI=1S/C27H29ClFN3O3/c1-15-13-32(16(2)9-18(15)10-17-5-7-19(29)8-6-17)27(35)21-11-20-22(25(33)26(34)30-3)14-31(4)24(20)12-23(21)28/h5-8,11-12,14-16,18H,9-10,13H2,1-4H3,(H,30,34)/t15-,16+,18?/m0/s1. The molecular weight excluding hydrogens is 469 g/mol. The highest BCUT2D eigenvalue weighted by atomic mass is 35.5. The Kier molecular flexibility index (Phi) is 6.99. The second-order valence-electron chi connectivity index (χ2n) is 9.52. The molecule has 2 amide bonds. The summed E-state index contributed by atoms with van der Waals surface area (Å²) in [5.41, 5.74) is 2.29. The molecule has 2 heterocycles. The Bertz CT molecular complexity index is 1300. The quantitative estimate of drug-likeness (QED) is 0.412. The molecular formula is C27H29ClFN3O3. The van der Waals surface area contributed by atoms with Crippen LogP contribution < -0.4 is 5.32 Å². The maximum absolute atomic E-state index is 13.6. The lowest BCUT2D eigenvalue weighted by atomic mass is 9.79. The highest BCUT2D eigenvalue weighted by Gasteiger charge is 2.35. The number of rotatable bonds is 5. The third kappa shape index (κ3) is 4.82. The molecule has 1 fully saturated rings. The predicted molar refractivity (Wildman–Crippen MR) is 134 cm³/mol. The molecule has 2 aromatic carbocycles.